The summed E-state index contributed by atoms with van der Waals surface area (Å²) in [5, 5.41) is 2.24. The van der Waals surface area contributed by atoms with Gasteiger partial charge in [0.05, 0.1) is 12.9 Å². The molecule has 1 N–H and O–H groups in total. The molecule has 0 spiro atoms. The minimum absolute atomic E-state index is 0.106. The highest BCUT2D eigenvalue weighted by Gasteiger charge is 2.29. The molecule has 1 aromatic carbocycles. The van der Waals surface area contributed by atoms with Crippen LogP contribution in [0.2, 0.25) is 0 Å². The van der Waals surface area contributed by atoms with Gasteiger partial charge >= 0.3 is 5.97 Å². The van der Waals surface area contributed by atoms with Gasteiger partial charge in [-0.15, -0.1) is 0 Å². The Balaban J connectivity index is 1.67. The molecule has 0 aliphatic carbocycles. The highest BCUT2D eigenvalue weighted by atomic mass is 32.2. The first-order valence-corrected chi connectivity index (χ1v) is 9.46. The molecule has 2 rings (SSSR count). The number of carbonyl (C=O) groups is 4. The summed E-state index contributed by atoms with van der Waals surface area (Å²) in [6.45, 7) is 1.70. The Morgan fingerprint density at radius 3 is 2.56 bits per heavy atom. The van der Waals surface area contributed by atoms with Crippen molar-refractivity contribution in [3.8, 4) is 5.75 Å². The van der Waals surface area contributed by atoms with Gasteiger partial charge in [0, 0.05) is 19.5 Å². The Morgan fingerprint density at radius 1 is 1.26 bits per heavy atom. The number of imide groups is 1. The molecule has 1 aromatic rings. The smallest absolute Gasteiger partial charge is 0.306 e. The Labute approximate surface area is 161 Å². The number of nitrogens with one attached hydrogen (secondary N) is 1. The number of esters is 1. The van der Waals surface area contributed by atoms with Gasteiger partial charge in [0.2, 0.25) is 5.91 Å². The van der Waals surface area contributed by atoms with Crippen LogP contribution in [-0.4, -0.2) is 60.0 Å². The average molecular weight is 394 g/mol. The van der Waals surface area contributed by atoms with Crippen molar-refractivity contribution in [1.29, 1.82) is 0 Å². The van der Waals surface area contributed by atoms with Crippen LogP contribution < -0.4 is 10.1 Å². The van der Waals surface area contributed by atoms with E-state index in [0.717, 1.165) is 28.0 Å². The first-order chi connectivity index (χ1) is 12.9. The Morgan fingerprint density at radius 2 is 1.96 bits per heavy atom. The number of carbonyl (C=O) groups excluding carboxylic acids is 4. The average Bonchev–Trinajstić information content (AvgIpc) is 2.98. The predicted octanol–water partition coefficient (Wildman–Crippen LogP) is 1.37. The summed E-state index contributed by atoms with van der Waals surface area (Å²) in [6, 6.07) is 7.35. The third kappa shape index (κ3) is 6.28. The first kappa shape index (κ1) is 20.8. The molecule has 1 aliphatic rings. The van der Waals surface area contributed by atoms with E-state index in [0.29, 0.717) is 6.42 Å². The van der Waals surface area contributed by atoms with Gasteiger partial charge in [0.25, 0.3) is 11.1 Å². The summed E-state index contributed by atoms with van der Waals surface area (Å²) in [5.74, 6) is -0.344. The molecule has 1 fully saturated rings. The predicted molar refractivity (Wildman–Crippen MR) is 99.4 cm³/mol. The lowest BCUT2D eigenvalue weighted by Gasteiger charge is -2.16. The number of benzene rings is 1. The maximum Gasteiger partial charge on any atom is 0.306 e. The summed E-state index contributed by atoms with van der Waals surface area (Å²) in [4.78, 5) is 47.9. The fourth-order valence-corrected chi connectivity index (χ4v) is 3.13. The molecular weight excluding hydrogens is 372 g/mol. The van der Waals surface area contributed by atoms with E-state index in [-0.39, 0.29) is 36.4 Å². The van der Waals surface area contributed by atoms with E-state index in [9.17, 15) is 19.2 Å². The molecule has 0 aromatic heterocycles. The van der Waals surface area contributed by atoms with Gasteiger partial charge in [-0.3, -0.25) is 24.1 Å². The molecule has 1 saturated heterocycles. The normalized spacial score (nSPS) is 14.8. The van der Waals surface area contributed by atoms with Crippen molar-refractivity contribution in [3.05, 3.63) is 29.8 Å². The Hall–Kier alpha value is -2.55. The van der Waals surface area contributed by atoms with Crippen molar-refractivity contribution in [1.82, 2.24) is 10.2 Å². The van der Waals surface area contributed by atoms with Crippen molar-refractivity contribution in [2.24, 2.45) is 0 Å². The molecule has 1 aliphatic heterocycles. The first-order valence-electron chi connectivity index (χ1n) is 8.48. The summed E-state index contributed by atoms with van der Waals surface area (Å²) in [5.41, 5.74) is 0.961. The van der Waals surface area contributed by atoms with E-state index >= 15 is 0 Å². The maximum absolute atomic E-state index is 12.0. The minimum Gasteiger partial charge on any atom is -0.497 e. The molecule has 3 amide bonds. The van der Waals surface area contributed by atoms with Crippen LogP contribution in [0.1, 0.15) is 18.9 Å². The lowest BCUT2D eigenvalue weighted by atomic mass is 10.1. The second-order valence-corrected chi connectivity index (χ2v) is 6.80. The quantitative estimate of drug-likeness (QED) is 0.631. The van der Waals surface area contributed by atoms with Crippen LogP contribution in [0.3, 0.4) is 0 Å². The van der Waals surface area contributed by atoms with E-state index in [4.69, 9.17) is 9.47 Å². The molecule has 8 nitrogen and oxygen atoms in total. The molecule has 0 radical (unpaired) electrons. The molecular formula is C18H22N2O6S. The van der Waals surface area contributed by atoms with E-state index in [1.807, 2.05) is 24.3 Å². The number of ether oxygens (including phenoxy) is 2. The third-order valence-electron chi connectivity index (χ3n) is 3.93. The second-order valence-electron chi connectivity index (χ2n) is 5.87. The summed E-state index contributed by atoms with van der Waals surface area (Å²) >= 11 is 0.941. The van der Waals surface area contributed by atoms with E-state index in [2.05, 4.69) is 5.32 Å². The Bertz CT molecular complexity index is 690. The number of methoxy groups -OCH3 is 1. The Kier molecular flexibility index (Phi) is 7.66. The SMILES string of the molecule is COc1ccc(CCC(=O)O[C@H](C)C(=O)NCCN2C(=O)CSC2=O)cc1. The van der Waals surface area contributed by atoms with Crippen molar-refractivity contribution in [2.45, 2.75) is 25.9 Å². The molecule has 0 bridgehead atoms. The molecule has 146 valence electrons. The monoisotopic (exact) mass is 394 g/mol. The number of nitrogens with zero attached hydrogens (tertiary/aromatic N) is 1. The fraction of sp³-hybridized carbons (Fsp3) is 0.444. The van der Waals surface area contributed by atoms with Crippen molar-refractivity contribution < 1.29 is 28.7 Å². The molecule has 0 unspecified atom stereocenters. The van der Waals surface area contributed by atoms with Gasteiger partial charge < -0.3 is 14.8 Å². The number of aryl methyl sites for hydroxylation is 1. The van der Waals surface area contributed by atoms with Gasteiger partial charge in [0.15, 0.2) is 6.10 Å². The molecule has 0 saturated carbocycles. The van der Waals surface area contributed by atoms with Crippen LogP contribution in [0.15, 0.2) is 24.3 Å². The zero-order valence-electron chi connectivity index (χ0n) is 15.2. The van der Waals surface area contributed by atoms with Crippen LogP contribution in [-0.2, 0) is 25.5 Å². The zero-order valence-corrected chi connectivity index (χ0v) is 16.0. The van der Waals surface area contributed by atoms with Gasteiger partial charge in [-0.05, 0) is 31.0 Å². The van der Waals surface area contributed by atoms with Gasteiger partial charge in [0.1, 0.15) is 5.75 Å². The number of rotatable bonds is 9. The third-order valence-corrected chi connectivity index (χ3v) is 4.79. The van der Waals surface area contributed by atoms with Crippen molar-refractivity contribution >= 4 is 34.8 Å². The van der Waals surface area contributed by atoms with Gasteiger partial charge in [-0.2, -0.15) is 0 Å². The molecule has 1 heterocycles. The second kappa shape index (κ2) is 9.96. The maximum atomic E-state index is 12.0. The summed E-state index contributed by atoms with van der Waals surface area (Å²) < 4.78 is 10.2. The number of hydrogen-bond donors (Lipinski definition) is 1. The zero-order chi connectivity index (χ0) is 19.8. The van der Waals surface area contributed by atoms with Crippen molar-refractivity contribution in [3.63, 3.8) is 0 Å². The van der Waals surface area contributed by atoms with Gasteiger partial charge in [-0.25, -0.2) is 0 Å². The van der Waals surface area contributed by atoms with Crippen LogP contribution in [0.25, 0.3) is 0 Å². The van der Waals surface area contributed by atoms with Crippen LogP contribution >= 0.6 is 11.8 Å². The highest BCUT2D eigenvalue weighted by Crippen LogP contribution is 2.17. The standard InChI is InChI=1S/C18H22N2O6S/c1-12(17(23)19-9-10-20-15(21)11-27-18(20)24)26-16(22)8-5-13-3-6-14(25-2)7-4-13/h3-4,6-7,12H,5,8-11H2,1-2H3,(H,19,23)/t12-/m1/s1. The van der Waals surface area contributed by atoms with Crippen molar-refractivity contribution in [2.75, 3.05) is 26.0 Å². The van der Waals surface area contributed by atoms with Crippen LogP contribution in [0.5, 0.6) is 5.75 Å². The van der Waals surface area contributed by atoms with E-state index < -0.39 is 18.0 Å². The lowest BCUT2D eigenvalue weighted by Crippen LogP contribution is -2.41. The topological polar surface area (TPSA) is 102 Å². The van der Waals surface area contributed by atoms with E-state index in [1.54, 1.807) is 7.11 Å². The van der Waals surface area contributed by atoms with Crippen LogP contribution in [0.4, 0.5) is 4.79 Å². The number of amides is 3. The largest absolute Gasteiger partial charge is 0.497 e. The van der Waals surface area contributed by atoms with Gasteiger partial charge in [-0.1, -0.05) is 23.9 Å². The highest BCUT2D eigenvalue weighted by molar-refractivity contribution is 8.14. The summed E-state index contributed by atoms with van der Waals surface area (Å²) in [7, 11) is 1.58. The molecule has 27 heavy (non-hydrogen) atoms. The fourth-order valence-electron chi connectivity index (χ4n) is 2.38. The lowest BCUT2D eigenvalue weighted by molar-refractivity contribution is -0.154. The van der Waals surface area contributed by atoms with Crippen LogP contribution in [0, 0.1) is 0 Å². The number of thioether (sulfide) groups is 1. The summed E-state index contributed by atoms with van der Waals surface area (Å²) in [6.07, 6.45) is -0.306. The minimum atomic E-state index is -0.951. The van der Waals surface area contributed by atoms with E-state index in [1.165, 1.54) is 6.92 Å². The number of hydrogen-bond acceptors (Lipinski definition) is 7. The molecule has 1 atom stereocenters. The molecule has 9 heteroatoms.